The number of hydrogen-bond acceptors (Lipinski definition) is 28. The maximum Gasteiger partial charge on any atom is 0.315 e. The summed E-state index contributed by atoms with van der Waals surface area (Å²) in [7, 11) is 0. The van der Waals surface area contributed by atoms with Gasteiger partial charge in [-0.1, -0.05) is 53.2 Å². The largest absolute Gasteiger partial charge is 0.432 e. The van der Waals surface area contributed by atoms with Crippen LogP contribution in [0, 0.1) is 50.2 Å². The van der Waals surface area contributed by atoms with Gasteiger partial charge in [0, 0.05) is 5.41 Å². The second-order valence-corrected chi connectivity index (χ2v) is 28.6. The first-order valence-electron chi connectivity index (χ1n) is 30.9. The fourth-order valence-corrected chi connectivity index (χ4v) is 17.8. The Kier molecular flexibility index (Phi) is 19.7. The average Bonchev–Trinajstić information content (AvgIpc) is 0.833. The molecule has 0 amide bonds. The molecule has 10 rings (SSSR count). The summed E-state index contributed by atoms with van der Waals surface area (Å²) in [4.78, 5) is 15.5. The average molecular weight is 1250 g/mol. The van der Waals surface area contributed by atoms with Crippen molar-refractivity contribution in [2.45, 2.75) is 266 Å². The highest BCUT2D eigenvalue weighted by atomic mass is 16.8. The molecular formula is C59H96O28. The topological polar surface area (TPSA) is 453 Å². The van der Waals surface area contributed by atoms with E-state index in [2.05, 4.69) is 40.7 Å². The number of aliphatic hydroxyl groups excluding tert-OH is 17. The van der Waals surface area contributed by atoms with Gasteiger partial charge in [-0.2, -0.15) is 0 Å². The normalized spacial score (nSPS) is 55.1. The quantitative estimate of drug-likeness (QED) is 0.0442. The number of rotatable bonds is 14. The molecule has 0 aromatic carbocycles. The van der Waals surface area contributed by atoms with Crippen LogP contribution in [-0.2, 0) is 52.2 Å². The van der Waals surface area contributed by atoms with Crippen LogP contribution in [0.5, 0.6) is 0 Å². The van der Waals surface area contributed by atoms with Crippen molar-refractivity contribution < 1.29 is 139 Å². The van der Waals surface area contributed by atoms with Crippen LogP contribution in [0.4, 0.5) is 0 Å². The lowest BCUT2D eigenvalue weighted by Gasteiger charge is -2.72. The van der Waals surface area contributed by atoms with E-state index in [0.717, 1.165) is 5.57 Å². The van der Waals surface area contributed by atoms with Crippen LogP contribution in [0.15, 0.2) is 11.6 Å². The van der Waals surface area contributed by atoms with Crippen molar-refractivity contribution in [1.82, 2.24) is 0 Å². The molecule has 9 fully saturated rings. The summed E-state index contributed by atoms with van der Waals surface area (Å²) in [6.45, 7) is 10.9. The van der Waals surface area contributed by atoms with E-state index in [4.69, 9.17) is 47.4 Å². The van der Waals surface area contributed by atoms with Gasteiger partial charge in [-0.25, -0.2) is 0 Å². The molecule has 87 heavy (non-hydrogen) atoms. The minimum atomic E-state index is -1.94. The number of carbonyl (C=O) groups is 1. The van der Waals surface area contributed by atoms with Crippen molar-refractivity contribution in [1.29, 1.82) is 0 Å². The van der Waals surface area contributed by atoms with Gasteiger partial charge in [0.25, 0.3) is 0 Å². The Hall–Kier alpha value is -1.83. The molecule has 0 radical (unpaired) electrons. The van der Waals surface area contributed by atoms with E-state index < -0.39 is 232 Å². The number of carbonyl (C=O) groups excluding carboxylic acids is 1. The molecule has 0 bridgehead atoms. The SMILES string of the molecule is C[C@@H]1O[C@@H](O[C@H]2[C@H](OC(=O)[C@]34CCC(C)(C)C[C@H]3C3=CC[C@@H]5[C@@]6(C)C[C@H](O)[C@H](O[C@@H]7O[C@H](CO)[C@@H](O)[C@H](O)[C@H]7O[C@@H]7O[C@H](CO)[C@@H](O)[C@H](O)[C@H]7O)[C@@](C)(CO)[C@@H]6CC[C@@]5(C)[C@]3(C)CC4)O[C@H](CO)[C@@H](O)[C@@H]2O)[C@H](O)[C@H](O)[C@H]1O[C@@H]1OC[C@@H](O)[C@H](O)[C@H]1O. The van der Waals surface area contributed by atoms with E-state index in [1.54, 1.807) is 0 Å². The maximum absolute atomic E-state index is 15.5. The van der Waals surface area contributed by atoms with Crippen molar-refractivity contribution in [2.75, 3.05) is 33.0 Å². The van der Waals surface area contributed by atoms with Gasteiger partial charge in [-0.3, -0.25) is 4.79 Å². The number of ether oxygens (including phenoxy) is 10. The Morgan fingerprint density at radius 2 is 1.05 bits per heavy atom. The van der Waals surface area contributed by atoms with Gasteiger partial charge in [-0.05, 0) is 104 Å². The summed E-state index contributed by atoms with van der Waals surface area (Å²) in [5, 5.41) is 185. The molecule has 0 aromatic rings. The minimum absolute atomic E-state index is 0.120. The van der Waals surface area contributed by atoms with Crippen LogP contribution < -0.4 is 0 Å². The van der Waals surface area contributed by atoms with Crippen molar-refractivity contribution >= 4 is 5.97 Å². The molecule has 5 aliphatic heterocycles. The van der Waals surface area contributed by atoms with Gasteiger partial charge in [0.2, 0.25) is 6.29 Å². The lowest BCUT2D eigenvalue weighted by atomic mass is 9.33. The van der Waals surface area contributed by atoms with E-state index >= 15 is 4.79 Å². The molecule has 500 valence electrons. The number of aliphatic hydroxyl groups is 17. The second-order valence-electron chi connectivity index (χ2n) is 28.6. The zero-order valence-electron chi connectivity index (χ0n) is 50.3. The Bertz CT molecular complexity index is 2420. The van der Waals surface area contributed by atoms with E-state index in [1.807, 2.05) is 6.92 Å². The van der Waals surface area contributed by atoms with Gasteiger partial charge in [-0.15, -0.1) is 0 Å². The van der Waals surface area contributed by atoms with Gasteiger partial charge in [0.1, 0.15) is 104 Å². The Balaban J connectivity index is 0.894. The number of esters is 1. The summed E-state index contributed by atoms with van der Waals surface area (Å²) in [5.74, 6) is -1.51. The molecule has 0 spiro atoms. The van der Waals surface area contributed by atoms with Gasteiger partial charge in [0.15, 0.2) is 31.3 Å². The van der Waals surface area contributed by atoms with E-state index in [0.29, 0.717) is 51.4 Å². The molecule has 28 nitrogen and oxygen atoms in total. The van der Waals surface area contributed by atoms with Crippen molar-refractivity contribution in [2.24, 2.45) is 50.2 Å². The monoisotopic (exact) mass is 1250 g/mol. The van der Waals surface area contributed by atoms with Gasteiger partial charge < -0.3 is 134 Å². The van der Waals surface area contributed by atoms with Crippen molar-refractivity contribution in [3.63, 3.8) is 0 Å². The molecule has 34 atom stereocenters. The Morgan fingerprint density at radius 3 is 1.66 bits per heavy atom. The molecule has 0 unspecified atom stereocenters. The highest BCUT2D eigenvalue weighted by Gasteiger charge is 2.72. The van der Waals surface area contributed by atoms with Gasteiger partial charge >= 0.3 is 5.97 Å². The Labute approximate surface area is 504 Å². The van der Waals surface area contributed by atoms with E-state index in [1.165, 1.54) is 6.92 Å². The molecule has 5 heterocycles. The molecule has 17 N–H and O–H groups in total. The van der Waals surface area contributed by atoms with E-state index in [-0.39, 0.29) is 23.7 Å². The standard InChI is InChI=1S/C59H96O28/c1-23-44(83-48-41(74)33(66)27(65)21-78-48)40(73)43(76)49(79-23)84-46-39(72)36(69)30(20-62)82-52(46)87-53(77)59-14-12-54(2,3)16-25(59)24-8-9-32-55(4)17-26(64)47(56(5,22-63)31(55)10-11-58(32,7)57(24,6)13-15-59)86-51-45(38(71)35(68)29(19-61)81-51)85-50-42(75)37(70)34(67)28(18-60)80-50/h8,23,25-52,60-76H,9-22H2,1-7H3/t23-,25-,26-,27+,28+,29+,30+,31+,32+,33-,34+,35+,36+,37-,38-,39-,40-,41+,42+,43+,44-,45+,46+,47-,48-,49-,50-,51-,52-,55-,56-,57+,58+,59-/m0/s1. The lowest BCUT2D eigenvalue weighted by Crippen LogP contribution is -2.70. The maximum atomic E-state index is 15.5. The van der Waals surface area contributed by atoms with Crippen LogP contribution in [0.25, 0.3) is 0 Å². The first kappa shape index (κ1) is 68.0. The zero-order chi connectivity index (χ0) is 63.6. The van der Waals surface area contributed by atoms with Crippen LogP contribution >= 0.6 is 0 Å². The fraction of sp³-hybridized carbons (Fsp3) is 0.949. The first-order valence-corrected chi connectivity index (χ1v) is 30.9. The third kappa shape index (κ3) is 11.3. The summed E-state index contributed by atoms with van der Waals surface area (Å²) < 4.78 is 59.8. The molecule has 0 aromatic heterocycles. The third-order valence-electron chi connectivity index (χ3n) is 23.2. The zero-order valence-corrected chi connectivity index (χ0v) is 50.3. The molecular weight excluding hydrogens is 1160 g/mol. The second kappa shape index (κ2) is 25.1. The Morgan fingerprint density at radius 1 is 0.529 bits per heavy atom. The lowest BCUT2D eigenvalue weighted by molar-refractivity contribution is -0.384. The van der Waals surface area contributed by atoms with Crippen LogP contribution in [-0.4, -0.2) is 285 Å². The predicted molar refractivity (Wildman–Crippen MR) is 291 cm³/mol. The smallest absolute Gasteiger partial charge is 0.315 e. The van der Waals surface area contributed by atoms with E-state index in [9.17, 15) is 86.8 Å². The molecule has 4 saturated carbocycles. The van der Waals surface area contributed by atoms with Crippen LogP contribution in [0.1, 0.15) is 106 Å². The van der Waals surface area contributed by atoms with Crippen molar-refractivity contribution in [3.05, 3.63) is 11.6 Å². The molecule has 5 saturated heterocycles. The highest BCUT2D eigenvalue weighted by Crippen LogP contribution is 2.76. The van der Waals surface area contributed by atoms with Crippen molar-refractivity contribution in [3.8, 4) is 0 Å². The number of fused-ring (bicyclic) bond motifs is 7. The number of allylic oxidation sites excluding steroid dienone is 2. The summed E-state index contributed by atoms with van der Waals surface area (Å²) in [5.41, 5.74) is -3.27. The highest BCUT2D eigenvalue weighted by molar-refractivity contribution is 5.79. The molecule has 10 aliphatic rings. The van der Waals surface area contributed by atoms with Crippen LogP contribution in [0.3, 0.4) is 0 Å². The number of hydrogen-bond donors (Lipinski definition) is 17. The minimum Gasteiger partial charge on any atom is -0.432 e. The fourth-order valence-electron chi connectivity index (χ4n) is 17.8. The predicted octanol–water partition coefficient (Wildman–Crippen LogP) is -4.60. The third-order valence-corrected chi connectivity index (χ3v) is 23.2. The summed E-state index contributed by atoms with van der Waals surface area (Å²) in [6.07, 6.45) is -36.3. The summed E-state index contributed by atoms with van der Waals surface area (Å²) in [6, 6.07) is 0. The van der Waals surface area contributed by atoms with Gasteiger partial charge in [0.05, 0.1) is 56.8 Å². The first-order chi connectivity index (χ1) is 40.8. The van der Waals surface area contributed by atoms with Crippen LogP contribution in [0.2, 0.25) is 0 Å². The summed E-state index contributed by atoms with van der Waals surface area (Å²) >= 11 is 0. The molecule has 28 heteroatoms. The molecule has 5 aliphatic carbocycles.